The van der Waals surface area contributed by atoms with Gasteiger partial charge in [-0.3, -0.25) is 19.2 Å². The molecule has 2 N–H and O–H groups in total. The number of hydrogen-bond donors (Lipinski definition) is 2. The Hall–Kier alpha value is -3.32. The van der Waals surface area contributed by atoms with E-state index < -0.39 is 45.7 Å². The Balaban J connectivity index is 1.66. The molecule has 0 aromatic heterocycles. The molecule has 1 saturated heterocycles. The van der Waals surface area contributed by atoms with Crippen LogP contribution < -0.4 is 0 Å². The molecule has 0 unspecified atom stereocenters. The second kappa shape index (κ2) is 4.46. The van der Waals surface area contributed by atoms with Gasteiger partial charge in [-0.1, -0.05) is 24.3 Å². The first-order chi connectivity index (χ1) is 13.7. The summed E-state index contributed by atoms with van der Waals surface area (Å²) in [5, 5.41) is 20.5. The summed E-state index contributed by atoms with van der Waals surface area (Å²) in [6.07, 6.45) is -0.123. The number of phenolic OH excluding ortho intramolecular Hbond substituents is 2. The molecule has 1 heterocycles. The molecule has 2 fully saturated rings. The molecule has 7 heteroatoms. The first-order valence-corrected chi connectivity index (χ1v) is 9.25. The molecule has 0 spiro atoms. The lowest BCUT2D eigenvalue weighted by Gasteiger charge is -2.39. The van der Waals surface area contributed by atoms with Crippen LogP contribution in [0, 0.1) is 11.3 Å². The Morgan fingerprint density at radius 3 is 2.10 bits per heavy atom. The summed E-state index contributed by atoms with van der Waals surface area (Å²) in [5.41, 5.74) is -5.25. The lowest BCUT2D eigenvalue weighted by Crippen LogP contribution is -2.56. The zero-order valence-electron chi connectivity index (χ0n) is 15.2. The number of phenols is 2. The fourth-order valence-corrected chi connectivity index (χ4v) is 5.92. The molecule has 2 aromatic carbocycles. The van der Waals surface area contributed by atoms with Gasteiger partial charge >= 0.3 is 0 Å². The highest BCUT2D eigenvalue weighted by molar-refractivity contribution is 6.32. The highest BCUT2D eigenvalue weighted by atomic mass is 16.6. The Morgan fingerprint density at radius 2 is 1.45 bits per heavy atom. The van der Waals surface area contributed by atoms with Crippen LogP contribution in [0.15, 0.2) is 36.4 Å². The van der Waals surface area contributed by atoms with E-state index in [0.29, 0.717) is 0 Å². The van der Waals surface area contributed by atoms with Crippen molar-refractivity contribution in [2.24, 2.45) is 11.3 Å². The predicted molar refractivity (Wildman–Crippen MR) is 96.3 cm³/mol. The first-order valence-electron chi connectivity index (χ1n) is 9.25. The average Bonchev–Trinajstić information content (AvgIpc) is 3.34. The van der Waals surface area contributed by atoms with Gasteiger partial charge in [0.25, 0.3) is 0 Å². The van der Waals surface area contributed by atoms with Crippen LogP contribution in [0.1, 0.15) is 54.8 Å². The van der Waals surface area contributed by atoms with Gasteiger partial charge in [0, 0.05) is 17.0 Å². The number of carbonyl (C=O) groups excluding carboxylic acids is 4. The van der Waals surface area contributed by atoms with Gasteiger partial charge in [0.15, 0.2) is 28.6 Å². The number of hydrogen-bond acceptors (Lipinski definition) is 7. The molecule has 29 heavy (non-hydrogen) atoms. The Morgan fingerprint density at radius 1 is 0.862 bits per heavy atom. The van der Waals surface area contributed by atoms with Crippen LogP contribution in [0.4, 0.5) is 0 Å². The summed E-state index contributed by atoms with van der Waals surface area (Å²) in [6, 6.07) is 8.39. The zero-order chi connectivity index (χ0) is 20.5. The van der Waals surface area contributed by atoms with Crippen molar-refractivity contribution in [3.05, 3.63) is 58.7 Å². The molecule has 144 valence electrons. The van der Waals surface area contributed by atoms with E-state index in [4.69, 9.17) is 4.74 Å². The quantitative estimate of drug-likeness (QED) is 0.661. The Bertz CT molecular complexity index is 1240. The number of ketones is 4. The minimum Gasteiger partial charge on any atom is -0.507 e. The first kappa shape index (κ1) is 16.6. The van der Waals surface area contributed by atoms with E-state index in [9.17, 15) is 29.4 Å². The van der Waals surface area contributed by atoms with Crippen molar-refractivity contribution in [2.45, 2.75) is 24.5 Å². The van der Waals surface area contributed by atoms with Gasteiger partial charge in [-0.15, -0.1) is 0 Å². The molecule has 1 saturated carbocycles. The molecular weight excluding hydrogens is 376 g/mol. The summed E-state index contributed by atoms with van der Waals surface area (Å²) >= 11 is 0. The lowest BCUT2D eigenvalue weighted by atomic mass is 9.58. The molecule has 7 nitrogen and oxygen atoms in total. The standard InChI is InChI=1S/C22H14O7/c1-20-11(16(25)14-9(17(20)26)4-2-6-12(14)23)8-21-18(27)10-5-3-7-13(24)15(10)19(28)22(20,21)29-21/h2-7,11,23-24H,8H2,1H3/t11-,20-,21-,22-/m1/s1. The third kappa shape index (κ3) is 1.39. The van der Waals surface area contributed by atoms with Crippen molar-refractivity contribution < 1.29 is 34.1 Å². The van der Waals surface area contributed by atoms with Crippen LogP contribution in [0.25, 0.3) is 0 Å². The Kier molecular flexibility index (Phi) is 2.56. The minimum atomic E-state index is -1.83. The van der Waals surface area contributed by atoms with Crippen molar-refractivity contribution >= 4 is 23.1 Å². The fraction of sp³-hybridized carbons (Fsp3) is 0.273. The summed E-state index contributed by atoms with van der Waals surface area (Å²) in [6.45, 7) is 1.48. The number of ether oxygens (including phenoxy) is 1. The van der Waals surface area contributed by atoms with E-state index in [1.165, 1.54) is 43.3 Å². The summed E-state index contributed by atoms with van der Waals surface area (Å²) < 4.78 is 5.84. The second-order valence-electron chi connectivity index (χ2n) is 8.32. The van der Waals surface area contributed by atoms with Gasteiger partial charge in [0.05, 0.1) is 16.5 Å². The van der Waals surface area contributed by atoms with Gasteiger partial charge in [-0.25, -0.2) is 0 Å². The highest BCUT2D eigenvalue weighted by Gasteiger charge is 2.94. The molecule has 4 atom stereocenters. The molecule has 6 rings (SSSR count). The Labute approximate surface area is 163 Å². The molecule has 2 aromatic rings. The van der Waals surface area contributed by atoms with Gasteiger partial charge in [-0.05, 0) is 25.5 Å². The molecule has 0 bridgehead atoms. The van der Waals surface area contributed by atoms with Gasteiger partial charge in [0.1, 0.15) is 11.5 Å². The van der Waals surface area contributed by atoms with E-state index in [2.05, 4.69) is 0 Å². The maximum atomic E-state index is 13.6. The maximum Gasteiger partial charge on any atom is 0.203 e. The van der Waals surface area contributed by atoms with Gasteiger partial charge < -0.3 is 14.9 Å². The number of fused-ring (bicyclic) bond motifs is 3. The third-order valence-corrected chi connectivity index (χ3v) is 7.30. The summed E-state index contributed by atoms with van der Waals surface area (Å²) in [5.74, 6) is -3.82. The largest absolute Gasteiger partial charge is 0.507 e. The third-order valence-electron chi connectivity index (χ3n) is 7.30. The van der Waals surface area contributed by atoms with Gasteiger partial charge in [0.2, 0.25) is 5.78 Å². The van der Waals surface area contributed by atoms with E-state index in [1.54, 1.807) is 0 Å². The van der Waals surface area contributed by atoms with Crippen molar-refractivity contribution in [1.82, 2.24) is 0 Å². The average molecular weight is 390 g/mol. The SMILES string of the molecule is C[C@]12C(=O)c3cccc(O)c3C(=O)[C@H]1C[C@]13O[C@]21C(=O)c1c(O)cccc1C3=O. The number of epoxide rings is 1. The normalized spacial score (nSPS) is 36.1. The molecule has 0 amide bonds. The van der Waals surface area contributed by atoms with Gasteiger partial charge in [-0.2, -0.15) is 0 Å². The molecule has 4 aliphatic rings. The van der Waals surface area contributed by atoms with Crippen molar-refractivity contribution in [1.29, 1.82) is 0 Å². The number of aromatic hydroxyl groups is 2. The molecule has 1 aliphatic heterocycles. The van der Waals surface area contributed by atoms with Crippen LogP contribution in [0.2, 0.25) is 0 Å². The predicted octanol–water partition coefficient (Wildman–Crippen LogP) is 2.09. The van der Waals surface area contributed by atoms with E-state index in [-0.39, 0.29) is 40.2 Å². The van der Waals surface area contributed by atoms with Crippen LogP contribution in [0.5, 0.6) is 11.5 Å². The van der Waals surface area contributed by atoms with E-state index in [1.807, 2.05) is 0 Å². The number of benzene rings is 2. The maximum absolute atomic E-state index is 13.6. The molecular formula is C22H14O7. The number of Topliss-reactive ketones (excluding diaryl/α,β-unsaturated/α-hetero) is 4. The zero-order valence-corrected chi connectivity index (χ0v) is 15.2. The molecule has 0 radical (unpaired) electrons. The van der Waals surface area contributed by atoms with Crippen LogP contribution >= 0.6 is 0 Å². The topological polar surface area (TPSA) is 121 Å². The van der Waals surface area contributed by atoms with Crippen LogP contribution in [0.3, 0.4) is 0 Å². The number of rotatable bonds is 0. The van der Waals surface area contributed by atoms with Crippen molar-refractivity contribution in [2.75, 3.05) is 0 Å². The van der Waals surface area contributed by atoms with Crippen LogP contribution in [-0.2, 0) is 4.74 Å². The van der Waals surface area contributed by atoms with E-state index >= 15 is 0 Å². The highest BCUT2D eigenvalue weighted by Crippen LogP contribution is 2.76. The number of carbonyl (C=O) groups is 4. The smallest absolute Gasteiger partial charge is 0.203 e. The molecule has 3 aliphatic carbocycles. The minimum absolute atomic E-state index is 0.0118. The van der Waals surface area contributed by atoms with Crippen molar-refractivity contribution in [3.63, 3.8) is 0 Å². The second-order valence-corrected chi connectivity index (χ2v) is 8.32. The lowest BCUT2D eigenvalue weighted by molar-refractivity contribution is 0.0267. The monoisotopic (exact) mass is 390 g/mol. The van der Waals surface area contributed by atoms with Crippen LogP contribution in [-0.4, -0.2) is 44.5 Å². The van der Waals surface area contributed by atoms with E-state index in [0.717, 1.165) is 0 Å². The summed E-state index contributed by atoms with van der Waals surface area (Å²) in [7, 11) is 0. The summed E-state index contributed by atoms with van der Waals surface area (Å²) in [4.78, 5) is 53.8. The fourth-order valence-electron chi connectivity index (χ4n) is 5.92. The van der Waals surface area contributed by atoms with Crippen molar-refractivity contribution in [3.8, 4) is 11.5 Å².